The van der Waals surface area contributed by atoms with Crippen LogP contribution in [0.1, 0.15) is 0 Å². The van der Waals surface area contributed by atoms with Gasteiger partial charge in [0.1, 0.15) is 12.2 Å². The lowest BCUT2D eigenvalue weighted by molar-refractivity contribution is -0.384. The van der Waals surface area contributed by atoms with Gasteiger partial charge in [-0.15, -0.1) is 5.10 Å². The number of para-hydroxylation sites is 1. The van der Waals surface area contributed by atoms with Gasteiger partial charge in [0.05, 0.1) is 21.2 Å². The first kappa shape index (κ1) is 13.3. The zero-order valence-electron chi connectivity index (χ0n) is 10.7. The zero-order chi connectivity index (χ0) is 14.8. The Morgan fingerprint density at radius 3 is 2.90 bits per heavy atom. The lowest BCUT2D eigenvalue weighted by Crippen LogP contribution is -2.10. The van der Waals surface area contributed by atoms with E-state index in [2.05, 4.69) is 15.6 Å². The van der Waals surface area contributed by atoms with Crippen molar-refractivity contribution in [2.75, 3.05) is 5.32 Å². The van der Waals surface area contributed by atoms with E-state index in [0.717, 1.165) is 11.0 Å². The summed E-state index contributed by atoms with van der Waals surface area (Å²) in [6.07, 6.45) is 0. The Kier molecular flexibility index (Phi) is 3.41. The van der Waals surface area contributed by atoms with Crippen molar-refractivity contribution in [2.45, 2.75) is 6.67 Å². The first-order chi connectivity index (χ1) is 10.1. The summed E-state index contributed by atoms with van der Waals surface area (Å²) in [5.74, 6) is 0. The summed E-state index contributed by atoms with van der Waals surface area (Å²) in [6.45, 7) is 0.307. The second-order valence-corrected chi connectivity index (χ2v) is 4.74. The van der Waals surface area contributed by atoms with Gasteiger partial charge >= 0.3 is 0 Å². The number of hydrogen-bond acceptors (Lipinski definition) is 5. The molecule has 1 aromatic heterocycles. The SMILES string of the molecule is O=[N+]([O-])c1ccc(Cl)c(NCn2nnc3ccccc32)c1. The lowest BCUT2D eigenvalue weighted by atomic mass is 10.3. The number of anilines is 1. The molecular formula is C13H10ClN5O2. The Balaban J connectivity index is 1.84. The highest BCUT2D eigenvalue weighted by molar-refractivity contribution is 6.33. The van der Waals surface area contributed by atoms with E-state index in [0.29, 0.717) is 17.4 Å². The van der Waals surface area contributed by atoms with E-state index in [1.54, 1.807) is 4.68 Å². The van der Waals surface area contributed by atoms with E-state index in [1.807, 2.05) is 24.3 Å². The molecule has 1 heterocycles. The number of nitro groups is 1. The molecule has 0 radical (unpaired) electrons. The monoisotopic (exact) mass is 303 g/mol. The number of benzene rings is 2. The molecule has 3 rings (SSSR count). The summed E-state index contributed by atoms with van der Waals surface area (Å²) in [6, 6.07) is 11.8. The molecule has 0 aliphatic rings. The molecule has 1 N–H and O–H groups in total. The van der Waals surface area contributed by atoms with Crippen LogP contribution in [0, 0.1) is 10.1 Å². The molecule has 0 aliphatic carbocycles. The second-order valence-electron chi connectivity index (χ2n) is 4.33. The van der Waals surface area contributed by atoms with Gasteiger partial charge in [-0.3, -0.25) is 10.1 Å². The van der Waals surface area contributed by atoms with Gasteiger partial charge < -0.3 is 5.32 Å². The Morgan fingerprint density at radius 1 is 1.29 bits per heavy atom. The number of hydrogen-bond donors (Lipinski definition) is 1. The molecular weight excluding hydrogens is 294 g/mol. The summed E-state index contributed by atoms with van der Waals surface area (Å²) in [5.41, 5.74) is 2.10. The van der Waals surface area contributed by atoms with Gasteiger partial charge in [-0.1, -0.05) is 28.9 Å². The maximum atomic E-state index is 10.8. The molecule has 0 bridgehead atoms. The summed E-state index contributed by atoms with van der Waals surface area (Å²) < 4.78 is 1.66. The molecule has 2 aromatic carbocycles. The highest BCUT2D eigenvalue weighted by atomic mass is 35.5. The molecule has 3 aromatic rings. The van der Waals surface area contributed by atoms with E-state index in [1.165, 1.54) is 18.2 Å². The van der Waals surface area contributed by atoms with Crippen LogP contribution in [0.25, 0.3) is 11.0 Å². The predicted molar refractivity (Wildman–Crippen MR) is 79.3 cm³/mol. The lowest BCUT2D eigenvalue weighted by Gasteiger charge is -2.08. The molecule has 0 amide bonds. The van der Waals surface area contributed by atoms with Gasteiger partial charge in [-0.2, -0.15) is 0 Å². The first-order valence-electron chi connectivity index (χ1n) is 6.11. The Hall–Kier alpha value is -2.67. The quantitative estimate of drug-likeness (QED) is 0.591. The van der Waals surface area contributed by atoms with Crippen molar-refractivity contribution in [3.63, 3.8) is 0 Å². The van der Waals surface area contributed by atoms with Crippen LogP contribution in [0.4, 0.5) is 11.4 Å². The van der Waals surface area contributed by atoms with Crippen molar-refractivity contribution < 1.29 is 4.92 Å². The molecule has 21 heavy (non-hydrogen) atoms. The van der Waals surface area contributed by atoms with Crippen LogP contribution >= 0.6 is 11.6 Å². The largest absolute Gasteiger partial charge is 0.365 e. The van der Waals surface area contributed by atoms with Crippen molar-refractivity contribution in [2.24, 2.45) is 0 Å². The molecule has 0 unspecified atom stereocenters. The number of nitrogens with zero attached hydrogens (tertiary/aromatic N) is 4. The third kappa shape index (κ3) is 2.63. The number of rotatable bonds is 4. The molecule has 0 spiro atoms. The first-order valence-corrected chi connectivity index (χ1v) is 6.49. The van der Waals surface area contributed by atoms with Gasteiger partial charge in [0.2, 0.25) is 0 Å². The summed E-state index contributed by atoms with van der Waals surface area (Å²) in [7, 11) is 0. The van der Waals surface area contributed by atoms with Crippen LogP contribution in [0.2, 0.25) is 5.02 Å². The molecule has 0 saturated carbocycles. The Labute approximate surface area is 124 Å². The van der Waals surface area contributed by atoms with E-state index in [9.17, 15) is 10.1 Å². The minimum Gasteiger partial charge on any atom is -0.365 e. The fourth-order valence-electron chi connectivity index (χ4n) is 1.96. The third-order valence-corrected chi connectivity index (χ3v) is 3.33. The van der Waals surface area contributed by atoms with Gasteiger partial charge in [-0.25, -0.2) is 4.68 Å². The van der Waals surface area contributed by atoms with Crippen molar-refractivity contribution in [3.05, 3.63) is 57.6 Å². The van der Waals surface area contributed by atoms with Crippen molar-refractivity contribution >= 4 is 34.0 Å². The van der Waals surface area contributed by atoms with E-state index < -0.39 is 4.92 Å². The molecule has 0 aliphatic heterocycles. The van der Waals surface area contributed by atoms with Crippen LogP contribution in [-0.2, 0) is 6.67 Å². The number of aromatic nitrogens is 3. The maximum Gasteiger partial charge on any atom is 0.271 e. The van der Waals surface area contributed by atoms with Crippen LogP contribution in [0.3, 0.4) is 0 Å². The van der Waals surface area contributed by atoms with Gasteiger partial charge in [0.15, 0.2) is 0 Å². The minimum atomic E-state index is -0.466. The average molecular weight is 304 g/mol. The van der Waals surface area contributed by atoms with E-state index >= 15 is 0 Å². The van der Waals surface area contributed by atoms with Gasteiger partial charge in [0, 0.05) is 12.1 Å². The van der Waals surface area contributed by atoms with Crippen LogP contribution in [-0.4, -0.2) is 19.9 Å². The van der Waals surface area contributed by atoms with Gasteiger partial charge in [0.25, 0.3) is 5.69 Å². The highest BCUT2D eigenvalue weighted by Crippen LogP contribution is 2.26. The standard InChI is InChI=1S/C13H10ClN5O2/c14-10-6-5-9(19(20)21)7-12(10)15-8-18-13-4-2-1-3-11(13)16-17-18/h1-7,15H,8H2. The van der Waals surface area contributed by atoms with E-state index in [-0.39, 0.29) is 5.69 Å². The molecule has 0 fully saturated rings. The van der Waals surface area contributed by atoms with Crippen LogP contribution < -0.4 is 5.32 Å². The molecule has 0 saturated heterocycles. The van der Waals surface area contributed by atoms with Crippen molar-refractivity contribution in [1.29, 1.82) is 0 Å². The van der Waals surface area contributed by atoms with Crippen molar-refractivity contribution in [1.82, 2.24) is 15.0 Å². The maximum absolute atomic E-state index is 10.8. The normalized spacial score (nSPS) is 10.7. The molecule has 7 nitrogen and oxygen atoms in total. The van der Waals surface area contributed by atoms with Crippen LogP contribution in [0.15, 0.2) is 42.5 Å². The molecule has 0 atom stereocenters. The number of non-ortho nitro benzene ring substituents is 1. The minimum absolute atomic E-state index is 0.0228. The number of nitrogens with one attached hydrogen (secondary N) is 1. The molecule has 106 valence electrons. The number of fused-ring (bicyclic) bond motifs is 1. The fourth-order valence-corrected chi connectivity index (χ4v) is 2.14. The smallest absolute Gasteiger partial charge is 0.271 e. The average Bonchev–Trinajstić information content (AvgIpc) is 2.89. The predicted octanol–water partition coefficient (Wildman–Crippen LogP) is 3.06. The van der Waals surface area contributed by atoms with Crippen molar-refractivity contribution in [3.8, 4) is 0 Å². The van der Waals surface area contributed by atoms with Gasteiger partial charge in [-0.05, 0) is 18.2 Å². The summed E-state index contributed by atoms with van der Waals surface area (Å²) in [5, 5.41) is 22.3. The van der Waals surface area contributed by atoms with E-state index in [4.69, 9.17) is 11.6 Å². The number of halogens is 1. The topological polar surface area (TPSA) is 85.9 Å². The highest BCUT2D eigenvalue weighted by Gasteiger charge is 2.10. The zero-order valence-corrected chi connectivity index (χ0v) is 11.5. The molecule has 8 heteroatoms. The summed E-state index contributed by atoms with van der Waals surface area (Å²) in [4.78, 5) is 10.3. The second kappa shape index (κ2) is 5.37. The number of nitro benzene ring substituents is 1. The van der Waals surface area contributed by atoms with Crippen LogP contribution in [0.5, 0.6) is 0 Å². The Bertz CT molecular complexity index is 817. The Morgan fingerprint density at radius 2 is 2.10 bits per heavy atom. The summed E-state index contributed by atoms with van der Waals surface area (Å²) >= 11 is 6.03. The fraction of sp³-hybridized carbons (Fsp3) is 0.0769. The third-order valence-electron chi connectivity index (χ3n) is 3.00.